The Morgan fingerprint density at radius 1 is 0.268 bits per heavy atom. The van der Waals surface area contributed by atoms with Crippen LogP contribution in [-0.2, 0) is 83.3 Å². The van der Waals surface area contributed by atoms with Crippen molar-refractivity contribution in [1.29, 1.82) is 0 Å². The van der Waals surface area contributed by atoms with Crippen LogP contribution < -0.4 is 9.47 Å². The minimum Gasteiger partial charge on any atom is -0.496 e. The van der Waals surface area contributed by atoms with Gasteiger partial charge in [-0.25, -0.2) is 27.6 Å². The second-order valence-electron chi connectivity index (χ2n) is 32.7. The fourth-order valence-electron chi connectivity index (χ4n) is 16.5. The highest BCUT2D eigenvalue weighted by atomic mass is 19.4. The molecule has 11 nitrogen and oxygen atoms in total. The lowest BCUT2D eigenvalue weighted by Crippen LogP contribution is -2.32. The van der Waals surface area contributed by atoms with Gasteiger partial charge in [0.15, 0.2) is 0 Å². The zero-order chi connectivity index (χ0) is 101. The Balaban J connectivity index is 0.000000175. The molecule has 0 N–H and O–H groups in total. The molecule has 3 amide bonds. The number of amides is 3. The van der Waals surface area contributed by atoms with Gasteiger partial charge in [0.05, 0.1) is 96.5 Å². The normalized spacial score (nSPS) is 17.2. The van der Waals surface area contributed by atoms with Gasteiger partial charge in [-0.1, -0.05) is 103 Å². The van der Waals surface area contributed by atoms with Crippen LogP contribution in [0.15, 0.2) is 231 Å². The third-order valence-electron chi connectivity index (χ3n) is 23.6. The molecule has 3 aliphatic heterocycles. The predicted octanol–water partition coefficient (Wildman–Crippen LogP) is 30.8. The van der Waals surface area contributed by atoms with Crippen LogP contribution in [0.2, 0.25) is 0 Å². The maximum absolute atomic E-state index is 15.3. The molecule has 3 fully saturated rings. The minimum absolute atomic E-state index is 0.0113. The smallest absolute Gasteiger partial charge is 0.416 e. The SMILES string of the molecule is COc1cc(F)c(-c2ccccc2C)cc1-c1ccc(C(F)(F)F)cc1CN1C(=O)O[C@H](c2cc(C(F)(F)F)cc(C(F)(F)F)c2)[C@@H]1C.COc1ccc(-c2ccccc2C)cc1-c1ccc(F)cc1CN1C(=O)O[C@H](c2cc(C(F)(F)F)cc(C(F)(F)F)c2)[C@@H]1C.Cc1ccccc1-c1ccc(F)c(-c2ccc(C(F)(F)F)cc2CN2C(=O)O[C@H](c3cc(C(F)(F)F)cc(C(F)(F)F)c3)[C@@H]2C)c1. The molecular formula is C100H74F27N3O8. The van der Waals surface area contributed by atoms with Crippen LogP contribution in [0, 0.1) is 38.2 Å². The molecule has 0 aromatic heterocycles. The van der Waals surface area contributed by atoms with E-state index in [9.17, 15) is 124 Å². The molecule has 0 unspecified atom stereocenters. The van der Waals surface area contributed by atoms with Crippen LogP contribution in [0.1, 0.15) is 134 Å². The van der Waals surface area contributed by atoms with Crippen LogP contribution in [-0.4, -0.2) is 65.3 Å². The standard InChI is InChI=1S/C34H25F10NO3.C33H23F10NO2.C33H26F7NO3/c1-17-6-4-5-7-24(17)26-14-27(29(47-3)15-28(26)35)25-9-8-21(32(36,37)38)12-20(25)16-45-18(2)30(48-31(45)46)19-10-22(33(39,40)41)13-23(11-19)34(42,43)44;1-17-5-3-4-6-25(17)19-7-10-28(34)27(14-19)26-9-8-22(31(35,36)37)13-21(26)16-44-18(2)29(46-30(44)45)20-11-23(32(38,39)40)15-24(12-20)33(41,42)43;1-18-6-4-5-7-26(18)20-8-11-29(43-3)28(15-20)27-10-9-25(34)14-22(27)17-41-19(2)30(44-31(41)42)21-12-23(32(35,36)37)16-24(13-21)33(38,39)40/h4-15,18,30H,16H2,1-3H3;3-15,18,29H,16H2,1-2H3;4-16,19,30H,17H2,1-3H3/t18-,30-;18-,29-;19-,30-/m000/s1. The summed E-state index contributed by atoms with van der Waals surface area (Å²) in [4.78, 5) is 42.0. The lowest BCUT2D eigenvalue weighted by molar-refractivity contribution is -0.144. The summed E-state index contributed by atoms with van der Waals surface area (Å²) in [5, 5.41) is 0. The van der Waals surface area contributed by atoms with Gasteiger partial charge in [0, 0.05) is 28.3 Å². The number of rotatable bonds is 17. The lowest BCUT2D eigenvalue weighted by atomic mass is 9.91. The number of aryl methyl sites for hydroxylation is 3. The Bertz CT molecular complexity index is 6520. The molecule has 12 aromatic carbocycles. The van der Waals surface area contributed by atoms with Crippen molar-refractivity contribution in [3.8, 4) is 78.3 Å². The zero-order valence-electron chi connectivity index (χ0n) is 72.8. The van der Waals surface area contributed by atoms with Gasteiger partial charge in [-0.15, -0.1) is 0 Å². The molecule has 3 saturated heterocycles. The molecule has 12 aromatic rings. The third-order valence-corrected chi connectivity index (χ3v) is 23.6. The zero-order valence-corrected chi connectivity index (χ0v) is 72.8. The molecular weight excluding hydrogens is 1880 g/mol. The van der Waals surface area contributed by atoms with Gasteiger partial charge in [-0.05, 0) is 257 Å². The van der Waals surface area contributed by atoms with Gasteiger partial charge >= 0.3 is 67.7 Å². The Morgan fingerprint density at radius 3 is 0.891 bits per heavy atom. The van der Waals surface area contributed by atoms with Gasteiger partial charge < -0.3 is 23.7 Å². The number of methoxy groups -OCH3 is 2. The summed E-state index contributed by atoms with van der Waals surface area (Å²) in [6, 6.07) is 42.1. The Hall–Kier alpha value is -13.8. The van der Waals surface area contributed by atoms with E-state index in [1.807, 2.05) is 56.3 Å². The number of nitrogens with zero attached hydrogens (tertiary/aromatic N) is 3. The lowest BCUT2D eigenvalue weighted by Gasteiger charge is -2.24. The molecule has 6 atom stereocenters. The second kappa shape index (κ2) is 38.6. The molecule has 0 bridgehead atoms. The number of ether oxygens (including phenoxy) is 5. The Labute approximate surface area is 768 Å². The van der Waals surface area contributed by atoms with E-state index in [0.29, 0.717) is 81.6 Å². The van der Waals surface area contributed by atoms with Crippen molar-refractivity contribution in [1.82, 2.24) is 14.7 Å². The molecule has 38 heteroatoms. The van der Waals surface area contributed by atoms with E-state index < -0.39 is 196 Å². The highest BCUT2D eigenvalue weighted by molar-refractivity contribution is 5.84. The molecule has 0 radical (unpaired) electrons. The maximum atomic E-state index is 15.3. The first-order valence-corrected chi connectivity index (χ1v) is 41.3. The summed E-state index contributed by atoms with van der Waals surface area (Å²) < 4.78 is 398. The Kier molecular flexibility index (Phi) is 28.4. The van der Waals surface area contributed by atoms with Crippen molar-refractivity contribution in [3.05, 3.63) is 343 Å². The predicted molar refractivity (Wildman–Crippen MR) is 451 cm³/mol. The van der Waals surface area contributed by atoms with Crippen LogP contribution in [0.5, 0.6) is 11.5 Å². The first kappa shape index (κ1) is 102. The van der Waals surface area contributed by atoms with Crippen LogP contribution in [0.25, 0.3) is 66.8 Å². The van der Waals surface area contributed by atoms with E-state index in [2.05, 4.69) is 0 Å². The highest BCUT2D eigenvalue weighted by Gasteiger charge is 2.49. The molecule has 726 valence electrons. The molecule has 3 aliphatic rings. The second-order valence-corrected chi connectivity index (χ2v) is 32.7. The molecule has 0 saturated carbocycles. The Morgan fingerprint density at radius 2 is 0.558 bits per heavy atom. The van der Waals surface area contributed by atoms with Crippen LogP contribution >= 0.6 is 0 Å². The van der Waals surface area contributed by atoms with E-state index in [1.165, 1.54) is 71.4 Å². The van der Waals surface area contributed by atoms with Gasteiger partial charge in [-0.3, -0.25) is 14.7 Å². The van der Waals surface area contributed by atoms with E-state index in [0.717, 1.165) is 85.0 Å². The van der Waals surface area contributed by atoms with E-state index >= 15 is 8.78 Å². The molecule has 3 heterocycles. The molecule has 15 rings (SSSR count). The molecule has 0 aliphatic carbocycles. The number of benzene rings is 12. The average Bonchev–Trinajstić information content (AvgIpc) is 1.52. The molecule has 0 spiro atoms. The van der Waals surface area contributed by atoms with E-state index in [1.54, 1.807) is 55.5 Å². The minimum atomic E-state index is -5.17. The average molecular weight is 1960 g/mol. The van der Waals surface area contributed by atoms with Crippen molar-refractivity contribution in [3.63, 3.8) is 0 Å². The van der Waals surface area contributed by atoms with Crippen molar-refractivity contribution >= 4 is 18.3 Å². The van der Waals surface area contributed by atoms with Crippen molar-refractivity contribution < 1.29 is 157 Å². The van der Waals surface area contributed by atoms with Gasteiger partial charge in [-0.2, -0.15) is 105 Å². The van der Waals surface area contributed by atoms with Crippen molar-refractivity contribution in [2.45, 2.75) is 147 Å². The number of carbonyl (C=O) groups excluding carboxylic acids is 3. The topological polar surface area (TPSA) is 107 Å². The largest absolute Gasteiger partial charge is 0.496 e. The van der Waals surface area contributed by atoms with Crippen molar-refractivity contribution in [2.24, 2.45) is 0 Å². The quantitative estimate of drug-likeness (QED) is 0.0655. The highest BCUT2D eigenvalue weighted by Crippen LogP contribution is 2.51. The van der Waals surface area contributed by atoms with Gasteiger partial charge in [0.1, 0.15) is 47.3 Å². The number of hydrogen-bond donors (Lipinski definition) is 0. The molecule has 138 heavy (non-hydrogen) atoms. The monoisotopic (exact) mass is 1960 g/mol. The van der Waals surface area contributed by atoms with Crippen LogP contribution in [0.4, 0.5) is 133 Å². The van der Waals surface area contributed by atoms with E-state index in [4.69, 9.17) is 23.7 Å². The fraction of sp³-hybridized carbons (Fsp3) is 0.250. The van der Waals surface area contributed by atoms with Gasteiger partial charge in [0.2, 0.25) is 0 Å². The summed E-state index contributed by atoms with van der Waals surface area (Å²) in [6.45, 7) is 8.04. The fourth-order valence-corrected chi connectivity index (χ4v) is 16.5. The number of cyclic esters (lactones) is 3. The summed E-state index contributed by atoms with van der Waals surface area (Å²) in [7, 11) is 2.70. The first-order valence-electron chi connectivity index (χ1n) is 41.3. The summed E-state index contributed by atoms with van der Waals surface area (Å²) >= 11 is 0. The third kappa shape index (κ3) is 22.2. The van der Waals surface area contributed by atoms with Crippen molar-refractivity contribution in [2.75, 3.05) is 14.2 Å². The first-order chi connectivity index (χ1) is 64.3. The number of hydrogen-bond acceptors (Lipinski definition) is 8. The summed E-state index contributed by atoms with van der Waals surface area (Å²) in [5.41, 5.74) is -5.88. The number of carbonyl (C=O) groups is 3. The summed E-state index contributed by atoms with van der Waals surface area (Å²) in [5.74, 6) is -1.66. The summed E-state index contributed by atoms with van der Waals surface area (Å²) in [6.07, 6.45) is -48.5. The number of halogens is 27. The number of alkyl halides is 24. The van der Waals surface area contributed by atoms with Crippen LogP contribution in [0.3, 0.4) is 0 Å². The van der Waals surface area contributed by atoms with E-state index in [-0.39, 0.29) is 69.4 Å². The van der Waals surface area contributed by atoms with Gasteiger partial charge in [0.25, 0.3) is 0 Å². The maximum Gasteiger partial charge on any atom is 0.416 e.